The summed E-state index contributed by atoms with van der Waals surface area (Å²) < 4.78 is 1.82. The number of nitrogens with zero attached hydrogens (tertiary/aromatic N) is 3. The quantitative estimate of drug-likeness (QED) is 0.662. The highest BCUT2D eigenvalue weighted by molar-refractivity contribution is 5.62. The van der Waals surface area contributed by atoms with E-state index < -0.39 is 0 Å². The van der Waals surface area contributed by atoms with Crippen molar-refractivity contribution in [2.45, 2.75) is 26.9 Å². The Hall–Kier alpha value is -2.37. The van der Waals surface area contributed by atoms with E-state index in [0.29, 0.717) is 12.2 Å². The van der Waals surface area contributed by atoms with Crippen LogP contribution in [0, 0.1) is 17.0 Å². The molecule has 6 nitrogen and oxygen atoms in total. The van der Waals surface area contributed by atoms with Gasteiger partial charge in [-0.2, -0.15) is 5.10 Å². The van der Waals surface area contributed by atoms with Gasteiger partial charge >= 0.3 is 0 Å². The molecule has 0 saturated heterocycles. The molecule has 2 rings (SSSR count). The first-order valence-corrected chi connectivity index (χ1v) is 6.10. The van der Waals surface area contributed by atoms with Crippen molar-refractivity contribution in [1.29, 1.82) is 0 Å². The van der Waals surface area contributed by atoms with Gasteiger partial charge in [0.25, 0.3) is 5.69 Å². The van der Waals surface area contributed by atoms with E-state index >= 15 is 0 Å². The molecule has 0 aliphatic heterocycles. The number of nitro groups is 1. The lowest BCUT2D eigenvalue weighted by Crippen LogP contribution is -2.02. The van der Waals surface area contributed by atoms with Crippen molar-refractivity contribution < 1.29 is 4.92 Å². The van der Waals surface area contributed by atoms with Crippen LogP contribution in [0.2, 0.25) is 0 Å². The fourth-order valence-corrected chi connectivity index (χ4v) is 1.81. The smallest absolute Gasteiger partial charge is 0.292 e. The number of nitrogens with one attached hydrogen (secondary N) is 1. The maximum Gasteiger partial charge on any atom is 0.292 e. The standard InChI is InChI=1S/C13H16N4O2/c1-3-16-9-11(8-15-16)7-14-12-5-4-10(2)6-13(12)17(18)19/h4-6,8-9,14H,3,7H2,1-2H3. The topological polar surface area (TPSA) is 73.0 Å². The summed E-state index contributed by atoms with van der Waals surface area (Å²) in [6.07, 6.45) is 3.68. The fourth-order valence-electron chi connectivity index (χ4n) is 1.81. The Balaban J connectivity index is 2.12. The van der Waals surface area contributed by atoms with E-state index in [2.05, 4.69) is 10.4 Å². The zero-order chi connectivity index (χ0) is 13.8. The summed E-state index contributed by atoms with van der Waals surface area (Å²) in [7, 11) is 0. The van der Waals surface area contributed by atoms with Gasteiger partial charge in [-0.1, -0.05) is 6.07 Å². The van der Waals surface area contributed by atoms with E-state index in [1.807, 2.05) is 30.8 Å². The van der Waals surface area contributed by atoms with Crippen LogP contribution in [0.4, 0.5) is 11.4 Å². The average Bonchev–Trinajstić information content (AvgIpc) is 2.85. The molecule has 0 saturated carbocycles. The Morgan fingerprint density at radius 1 is 1.47 bits per heavy atom. The molecular formula is C13H16N4O2. The lowest BCUT2D eigenvalue weighted by Gasteiger charge is -2.06. The molecule has 19 heavy (non-hydrogen) atoms. The summed E-state index contributed by atoms with van der Waals surface area (Å²) in [5.74, 6) is 0. The Labute approximate surface area is 111 Å². The van der Waals surface area contributed by atoms with Gasteiger partial charge in [0.05, 0.1) is 11.1 Å². The SMILES string of the molecule is CCn1cc(CNc2ccc(C)cc2[N+](=O)[O-])cn1. The molecule has 1 aromatic heterocycles. The van der Waals surface area contributed by atoms with E-state index in [9.17, 15) is 10.1 Å². The number of rotatable bonds is 5. The minimum atomic E-state index is -0.370. The second-order valence-electron chi connectivity index (χ2n) is 4.34. The summed E-state index contributed by atoms with van der Waals surface area (Å²) in [4.78, 5) is 10.6. The van der Waals surface area contributed by atoms with Gasteiger partial charge in [0.1, 0.15) is 5.69 Å². The molecular weight excluding hydrogens is 244 g/mol. The minimum absolute atomic E-state index is 0.0999. The maximum atomic E-state index is 11.0. The van der Waals surface area contributed by atoms with Crippen molar-refractivity contribution in [3.05, 3.63) is 51.8 Å². The Morgan fingerprint density at radius 2 is 2.26 bits per heavy atom. The van der Waals surface area contributed by atoms with Crippen LogP contribution in [-0.2, 0) is 13.1 Å². The van der Waals surface area contributed by atoms with Gasteiger partial charge in [-0.25, -0.2) is 0 Å². The van der Waals surface area contributed by atoms with E-state index in [-0.39, 0.29) is 10.6 Å². The number of anilines is 1. The van der Waals surface area contributed by atoms with Crippen LogP contribution in [-0.4, -0.2) is 14.7 Å². The predicted octanol–water partition coefficient (Wildman–Crippen LogP) is 2.73. The summed E-state index contributed by atoms with van der Waals surface area (Å²) in [5, 5.41) is 18.2. The molecule has 0 amide bonds. The third-order valence-corrected chi connectivity index (χ3v) is 2.84. The summed E-state index contributed by atoms with van der Waals surface area (Å²) >= 11 is 0. The van der Waals surface area contributed by atoms with Gasteiger partial charge in [-0.3, -0.25) is 14.8 Å². The molecule has 100 valence electrons. The molecule has 0 bridgehead atoms. The third kappa shape index (κ3) is 3.09. The molecule has 0 spiro atoms. The van der Waals surface area contributed by atoms with E-state index in [0.717, 1.165) is 17.7 Å². The van der Waals surface area contributed by atoms with E-state index in [1.165, 1.54) is 0 Å². The van der Waals surface area contributed by atoms with Crippen molar-refractivity contribution in [2.24, 2.45) is 0 Å². The maximum absolute atomic E-state index is 11.0. The average molecular weight is 260 g/mol. The van der Waals surface area contributed by atoms with Crippen LogP contribution < -0.4 is 5.32 Å². The van der Waals surface area contributed by atoms with Gasteiger partial charge < -0.3 is 5.32 Å². The van der Waals surface area contributed by atoms with Crippen molar-refractivity contribution in [2.75, 3.05) is 5.32 Å². The lowest BCUT2D eigenvalue weighted by atomic mass is 10.2. The normalized spacial score (nSPS) is 10.4. The van der Waals surface area contributed by atoms with Crippen molar-refractivity contribution in [3.63, 3.8) is 0 Å². The number of hydrogen-bond donors (Lipinski definition) is 1. The second-order valence-corrected chi connectivity index (χ2v) is 4.34. The van der Waals surface area contributed by atoms with Gasteiger partial charge in [0, 0.05) is 30.9 Å². The number of hydrogen-bond acceptors (Lipinski definition) is 4. The van der Waals surface area contributed by atoms with Gasteiger partial charge in [0.15, 0.2) is 0 Å². The fraction of sp³-hybridized carbons (Fsp3) is 0.308. The highest BCUT2D eigenvalue weighted by Crippen LogP contribution is 2.25. The molecule has 0 atom stereocenters. The number of aryl methyl sites for hydroxylation is 2. The molecule has 0 fully saturated rings. The van der Waals surface area contributed by atoms with Crippen molar-refractivity contribution in [1.82, 2.24) is 9.78 Å². The molecule has 1 aromatic carbocycles. The molecule has 0 aliphatic rings. The lowest BCUT2D eigenvalue weighted by molar-refractivity contribution is -0.384. The molecule has 1 heterocycles. The van der Waals surface area contributed by atoms with Crippen LogP contribution in [0.15, 0.2) is 30.6 Å². The summed E-state index contributed by atoms with van der Waals surface area (Å²) in [6.45, 7) is 5.17. The number of nitro benzene ring substituents is 1. The first-order chi connectivity index (χ1) is 9.10. The van der Waals surface area contributed by atoms with Crippen LogP contribution in [0.25, 0.3) is 0 Å². The van der Waals surface area contributed by atoms with Gasteiger partial charge in [-0.15, -0.1) is 0 Å². The van der Waals surface area contributed by atoms with Crippen LogP contribution in [0.5, 0.6) is 0 Å². The van der Waals surface area contributed by atoms with Crippen LogP contribution in [0.1, 0.15) is 18.1 Å². The summed E-state index contributed by atoms with van der Waals surface area (Å²) in [5.41, 5.74) is 2.50. The van der Waals surface area contributed by atoms with Gasteiger partial charge in [0.2, 0.25) is 0 Å². The van der Waals surface area contributed by atoms with Crippen molar-refractivity contribution >= 4 is 11.4 Å². The minimum Gasteiger partial charge on any atom is -0.375 e. The molecule has 0 unspecified atom stereocenters. The highest BCUT2D eigenvalue weighted by Gasteiger charge is 2.13. The van der Waals surface area contributed by atoms with E-state index in [4.69, 9.17) is 0 Å². The van der Waals surface area contributed by atoms with Crippen LogP contribution in [0.3, 0.4) is 0 Å². The second kappa shape index (κ2) is 5.51. The molecule has 2 aromatic rings. The Kier molecular flexibility index (Phi) is 3.79. The van der Waals surface area contributed by atoms with Crippen LogP contribution >= 0.6 is 0 Å². The molecule has 1 N–H and O–H groups in total. The number of benzene rings is 1. The Morgan fingerprint density at radius 3 is 2.89 bits per heavy atom. The van der Waals surface area contributed by atoms with Crippen molar-refractivity contribution in [3.8, 4) is 0 Å². The molecule has 0 aliphatic carbocycles. The predicted molar refractivity (Wildman–Crippen MR) is 73.1 cm³/mol. The summed E-state index contributed by atoms with van der Waals surface area (Å²) in [6, 6.07) is 5.15. The molecule has 6 heteroatoms. The first kappa shape index (κ1) is 13.1. The Bertz CT molecular complexity index is 592. The van der Waals surface area contributed by atoms with Gasteiger partial charge in [-0.05, 0) is 25.5 Å². The largest absolute Gasteiger partial charge is 0.375 e. The zero-order valence-electron chi connectivity index (χ0n) is 11.0. The molecule has 0 radical (unpaired) electrons. The number of aromatic nitrogens is 2. The zero-order valence-corrected chi connectivity index (χ0v) is 11.0. The highest BCUT2D eigenvalue weighted by atomic mass is 16.6. The monoisotopic (exact) mass is 260 g/mol. The first-order valence-electron chi connectivity index (χ1n) is 6.10. The third-order valence-electron chi connectivity index (χ3n) is 2.84. The van der Waals surface area contributed by atoms with E-state index in [1.54, 1.807) is 18.3 Å².